The first kappa shape index (κ1) is 24.1. The Morgan fingerprint density at radius 2 is 1.97 bits per heavy atom. The van der Waals surface area contributed by atoms with Crippen LogP contribution in [0, 0.1) is 17.7 Å². The van der Waals surface area contributed by atoms with Gasteiger partial charge in [-0.1, -0.05) is 31.4 Å². The van der Waals surface area contributed by atoms with E-state index >= 15 is 0 Å². The lowest BCUT2D eigenvalue weighted by Gasteiger charge is -2.16. The van der Waals surface area contributed by atoms with E-state index in [4.69, 9.17) is 9.47 Å². The maximum absolute atomic E-state index is 12.9. The SMILES string of the molecule is CCOC(=O)CCCCCC[C@H]1C(=O)CC[C@@H]1/C=C/[C@@H](O)COc1ccc(F)cc1. The summed E-state index contributed by atoms with van der Waals surface area (Å²) in [5.41, 5.74) is 0. The van der Waals surface area contributed by atoms with Crippen molar-refractivity contribution in [1.29, 1.82) is 0 Å². The lowest BCUT2D eigenvalue weighted by molar-refractivity contribution is -0.143. The van der Waals surface area contributed by atoms with Gasteiger partial charge in [0.15, 0.2) is 0 Å². The Bertz CT molecular complexity index is 685. The van der Waals surface area contributed by atoms with Crippen LogP contribution in [0.3, 0.4) is 0 Å². The van der Waals surface area contributed by atoms with Crippen molar-refractivity contribution in [3.8, 4) is 5.75 Å². The number of ketones is 1. The van der Waals surface area contributed by atoms with Gasteiger partial charge in [-0.2, -0.15) is 0 Å². The molecule has 1 fully saturated rings. The van der Waals surface area contributed by atoms with Crippen molar-refractivity contribution in [3.63, 3.8) is 0 Å². The number of allylic oxidation sites excluding steroid dienone is 1. The fourth-order valence-corrected chi connectivity index (χ4v) is 3.80. The standard InChI is InChI=1S/C24H33FO5/c1-2-29-24(28)8-6-4-3-5-7-22-18(10-16-23(22)27)9-13-20(26)17-30-21-14-11-19(25)12-15-21/h9,11-15,18,20,22,26H,2-8,10,16-17H2,1H3/b13-9+/t18-,20+,22+/m0/s1. The van der Waals surface area contributed by atoms with Crippen LogP contribution in [0.4, 0.5) is 4.39 Å². The Hall–Kier alpha value is -2.21. The minimum Gasteiger partial charge on any atom is -0.491 e. The Balaban J connectivity index is 1.67. The van der Waals surface area contributed by atoms with Gasteiger partial charge in [0, 0.05) is 18.8 Å². The Labute approximate surface area is 178 Å². The molecule has 0 aliphatic heterocycles. The van der Waals surface area contributed by atoms with Gasteiger partial charge in [-0.15, -0.1) is 0 Å². The van der Waals surface area contributed by atoms with Gasteiger partial charge in [0.2, 0.25) is 0 Å². The molecular formula is C24H33FO5. The molecule has 1 aromatic rings. The lowest BCUT2D eigenvalue weighted by atomic mass is 9.89. The quantitative estimate of drug-likeness (QED) is 0.286. The molecule has 2 rings (SSSR count). The van der Waals surface area contributed by atoms with E-state index in [1.54, 1.807) is 13.0 Å². The van der Waals surface area contributed by atoms with E-state index in [1.807, 2.05) is 6.08 Å². The minimum atomic E-state index is -0.783. The van der Waals surface area contributed by atoms with Crippen molar-refractivity contribution < 1.29 is 28.6 Å². The number of hydrogen-bond donors (Lipinski definition) is 1. The number of carbonyl (C=O) groups is 2. The molecule has 1 aromatic carbocycles. The number of esters is 1. The minimum absolute atomic E-state index is 0.0107. The number of carbonyl (C=O) groups excluding carboxylic acids is 2. The molecule has 0 saturated heterocycles. The molecule has 1 aliphatic carbocycles. The van der Waals surface area contributed by atoms with Gasteiger partial charge < -0.3 is 14.6 Å². The second-order valence-corrected chi connectivity index (χ2v) is 7.75. The summed E-state index contributed by atoms with van der Waals surface area (Å²) in [6.07, 6.45) is 9.28. The summed E-state index contributed by atoms with van der Waals surface area (Å²) in [7, 11) is 0. The monoisotopic (exact) mass is 420 g/mol. The van der Waals surface area contributed by atoms with Gasteiger partial charge in [0.05, 0.1) is 6.61 Å². The van der Waals surface area contributed by atoms with Gasteiger partial charge in [0.1, 0.15) is 30.1 Å². The van der Waals surface area contributed by atoms with Gasteiger partial charge in [-0.3, -0.25) is 9.59 Å². The first-order valence-electron chi connectivity index (χ1n) is 10.9. The van der Waals surface area contributed by atoms with Crippen molar-refractivity contribution >= 4 is 11.8 Å². The largest absolute Gasteiger partial charge is 0.491 e. The van der Waals surface area contributed by atoms with Crippen molar-refractivity contribution in [1.82, 2.24) is 0 Å². The predicted octanol–water partition coefficient (Wildman–Crippen LogP) is 4.62. The van der Waals surface area contributed by atoms with Crippen LogP contribution in [0.5, 0.6) is 5.75 Å². The number of rotatable bonds is 13. The number of unbranched alkanes of at least 4 members (excludes halogenated alkanes) is 3. The van der Waals surface area contributed by atoms with Gasteiger partial charge >= 0.3 is 5.97 Å². The maximum Gasteiger partial charge on any atom is 0.305 e. The Morgan fingerprint density at radius 1 is 1.23 bits per heavy atom. The average Bonchev–Trinajstić information content (AvgIpc) is 3.08. The van der Waals surface area contributed by atoms with E-state index in [2.05, 4.69) is 0 Å². The molecule has 1 aliphatic rings. The van der Waals surface area contributed by atoms with Crippen LogP contribution in [0.1, 0.15) is 58.3 Å². The van der Waals surface area contributed by atoms with Crippen molar-refractivity contribution in [3.05, 3.63) is 42.2 Å². The highest BCUT2D eigenvalue weighted by atomic mass is 19.1. The first-order valence-corrected chi connectivity index (χ1v) is 10.9. The molecule has 0 bridgehead atoms. The zero-order valence-electron chi connectivity index (χ0n) is 17.7. The molecule has 0 amide bonds. The van der Waals surface area contributed by atoms with E-state index < -0.39 is 6.10 Å². The topological polar surface area (TPSA) is 72.8 Å². The number of halogens is 1. The summed E-state index contributed by atoms with van der Waals surface area (Å²) in [4.78, 5) is 23.6. The summed E-state index contributed by atoms with van der Waals surface area (Å²) in [6.45, 7) is 2.30. The maximum atomic E-state index is 12.9. The third-order valence-electron chi connectivity index (χ3n) is 5.42. The van der Waals surface area contributed by atoms with Crippen molar-refractivity contribution in [2.45, 2.75) is 64.4 Å². The fraction of sp³-hybridized carbons (Fsp3) is 0.583. The smallest absolute Gasteiger partial charge is 0.305 e. The molecule has 30 heavy (non-hydrogen) atoms. The summed E-state index contributed by atoms with van der Waals surface area (Å²) >= 11 is 0. The molecule has 0 heterocycles. The number of Topliss-reactive ketones (excluding diaryl/α,β-unsaturated/α-hetero) is 1. The van der Waals surface area contributed by atoms with E-state index in [-0.39, 0.29) is 30.2 Å². The van der Waals surface area contributed by atoms with Crippen LogP contribution >= 0.6 is 0 Å². The molecule has 6 heteroatoms. The van der Waals surface area contributed by atoms with E-state index in [1.165, 1.54) is 24.3 Å². The number of ether oxygens (including phenoxy) is 2. The van der Waals surface area contributed by atoms with Crippen LogP contribution in [-0.2, 0) is 14.3 Å². The highest BCUT2D eigenvalue weighted by Gasteiger charge is 2.32. The third-order valence-corrected chi connectivity index (χ3v) is 5.42. The first-order chi connectivity index (χ1) is 14.5. The molecule has 1 N–H and O–H groups in total. The van der Waals surface area contributed by atoms with Gasteiger partial charge in [-0.05, 0) is 56.4 Å². The summed E-state index contributed by atoms with van der Waals surface area (Å²) in [5.74, 6) is 0.484. The summed E-state index contributed by atoms with van der Waals surface area (Å²) in [5, 5.41) is 10.1. The summed E-state index contributed by atoms with van der Waals surface area (Å²) < 4.78 is 23.3. The molecule has 0 radical (unpaired) electrons. The molecule has 3 atom stereocenters. The Kier molecular flexibility index (Phi) is 10.6. The number of benzene rings is 1. The fourth-order valence-electron chi connectivity index (χ4n) is 3.80. The molecule has 0 aromatic heterocycles. The second-order valence-electron chi connectivity index (χ2n) is 7.75. The number of aliphatic hydroxyl groups excluding tert-OH is 1. The van der Waals surface area contributed by atoms with E-state index in [0.29, 0.717) is 31.0 Å². The van der Waals surface area contributed by atoms with Crippen LogP contribution in [-0.4, -0.2) is 36.2 Å². The second kappa shape index (κ2) is 13.2. The van der Waals surface area contributed by atoms with E-state index in [0.717, 1.165) is 38.5 Å². The molecule has 0 spiro atoms. The van der Waals surface area contributed by atoms with Crippen LogP contribution < -0.4 is 4.74 Å². The normalized spacial score (nSPS) is 19.9. The number of aliphatic hydroxyl groups is 1. The van der Waals surface area contributed by atoms with Crippen LogP contribution in [0.25, 0.3) is 0 Å². The van der Waals surface area contributed by atoms with Gasteiger partial charge in [0.25, 0.3) is 0 Å². The van der Waals surface area contributed by atoms with Crippen LogP contribution in [0.15, 0.2) is 36.4 Å². The van der Waals surface area contributed by atoms with Crippen molar-refractivity contribution in [2.24, 2.45) is 11.8 Å². The third kappa shape index (κ3) is 8.66. The molecule has 1 saturated carbocycles. The molecule has 0 unspecified atom stereocenters. The highest BCUT2D eigenvalue weighted by molar-refractivity contribution is 5.83. The molecule has 166 valence electrons. The van der Waals surface area contributed by atoms with Crippen LogP contribution in [0.2, 0.25) is 0 Å². The number of hydrogen-bond acceptors (Lipinski definition) is 5. The van der Waals surface area contributed by atoms with Crippen molar-refractivity contribution in [2.75, 3.05) is 13.2 Å². The molecule has 5 nitrogen and oxygen atoms in total. The lowest BCUT2D eigenvalue weighted by Crippen LogP contribution is -2.17. The zero-order valence-corrected chi connectivity index (χ0v) is 17.7. The average molecular weight is 421 g/mol. The Morgan fingerprint density at radius 3 is 2.70 bits per heavy atom. The zero-order chi connectivity index (χ0) is 21.8. The summed E-state index contributed by atoms with van der Waals surface area (Å²) in [6, 6.07) is 5.65. The van der Waals surface area contributed by atoms with Gasteiger partial charge in [-0.25, -0.2) is 4.39 Å². The predicted molar refractivity (Wildman–Crippen MR) is 113 cm³/mol. The highest BCUT2D eigenvalue weighted by Crippen LogP contribution is 2.34. The molecular weight excluding hydrogens is 387 g/mol. The van der Waals surface area contributed by atoms with E-state index in [9.17, 15) is 19.1 Å².